The van der Waals surface area contributed by atoms with Crippen LogP contribution in [0.3, 0.4) is 0 Å². The Labute approximate surface area is 86.5 Å². The van der Waals surface area contributed by atoms with Crippen molar-refractivity contribution in [3.8, 4) is 0 Å². The predicted octanol–water partition coefficient (Wildman–Crippen LogP) is 3.18. The molecule has 14 heavy (non-hydrogen) atoms. The van der Waals surface area contributed by atoms with Gasteiger partial charge < -0.3 is 0 Å². The summed E-state index contributed by atoms with van der Waals surface area (Å²) < 4.78 is 0. The quantitative estimate of drug-likeness (QED) is 0.595. The fourth-order valence-corrected chi connectivity index (χ4v) is 0.664. The van der Waals surface area contributed by atoms with Crippen molar-refractivity contribution in [3.63, 3.8) is 0 Å². The van der Waals surface area contributed by atoms with Crippen LogP contribution in [-0.4, -0.2) is 18.5 Å². The number of rotatable bonds is 5. The standard InChI is InChI=1S/C12H18N2/c1-6-8-13-11(4)12(5)14-9-7-10(2)3/h6-9,12H,1,4H2,2-3,5H3. The van der Waals surface area contributed by atoms with Crippen LogP contribution in [0.15, 0.2) is 46.6 Å². The van der Waals surface area contributed by atoms with Crippen LogP contribution in [0, 0.1) is 0 Å². The fourth-order valence-electron chi connectivity index (χ4n) is 0.664. The summed E-state index contributed by atoms with van der Waals surface area (Å²) in [5.74, 6) is 0. The van der Waals surface area contributed by atoms with Crippen LogP contribution in [0.1, 0.15) is 20.8 Å². The van der Waals surface area contributed by atoms with Gasteiger partial charge in [-0.25, -0.2) is 0 Å². The average molecular weight is 190 g/mol. The number of aliphatic imine (C=N–C) groups is 2. The van der Waals surface area contributed by atoms with Crippen LogP contribution in [0.4, 0.5) is 0 Å². The monoisotopic (exact) mass is 190 g/mol. The van der Waals surface area contributed by atoms with Gasteiger partial charge in [0.1, 0.15) is 0 Å². The zero-order chi connectivity index (χ0) is 11.0. The summed E-state index contributed by atoms with van der Waals surface area (Å²) >= 11 is 0. The van der Waals surface area contributed by atoms with Gasteiger partial charge in [0, 0.05) is 12.4 Å². The zero-order valence-corrected chi connectivity index (χ0v) is 9.20. The van der Waals surface area contributed by atoms with E-state index in [1.54, 1.807) is 18.5 Å². The van der Waals surface area contributed by atoms with E-state index in [1.165, 1.54) is 5.57 Å². The van der Waals surface area contributed by atoms with E-state index in [1.807, 2.05) is 26.8 Å². The third kappa shape index (κ3) is 6.12. The Bertz CT molecular complexity index is 279. The van der Waals surface area contributed by atoms with Crippen LogP contribution in [0.5, 0.6) is 0 Å². The fraction of sp³-hybridized carbons (Fsp3) is 0.333. The van der Waals surface area contributed by atoms with Crippen molar-refractivity contribution in [1.82, 2.24) is 0 Å². The van der Waals surface area contributed by atoms with Gasteiger partial charge in [-0.1, -0.05) is 24.8 Å². The summed E-state index contributed by atoms with van der Waals surface area (Å²) in [6.45, 7) is 13.4. The molecular weight excluding hydrogens is 172 g/mol. The Balaban J connectivity index is 4.20. The molecule has 2 nitrogen and oxygen atoms in total. The van der Waals surface area contributed by atoms with Crippen molar-refractivity contribution in [2.75, 3.05) is 0 Å². The molecule has 1 atom stereocenters. The SMILES string of the molecule is C=CC=NC(=C)C(C)N=CC=C(C)C. The smallest absolute Gasteiger partial charge is 0.0885 e. The molecule has 0 fully saturated rings. The molecule has 0 aromatic rings. The van der Waals surface area contributed by atoms with Crippen LogP contribution in [0.2, 0.25) is 0 Å². The van der Waals surface area contributed by atoms with Gasteiger partial charge in [-0.15, -0.1) is 0 Å². The molecule has 0 N–H and O–H groups in total. The molecule has 0 aromatic carbocycles. The van der Waals surface area contributed by atoms with Gasteiger partial charge in [0.25, 0.3) is 0 Å². The maximum absolute atomic E-state index is 4.27. The highest BCUT2D eigenvalue weighted by Crippen LogP contribution is 2.03. The van der Waals surface area contributed by atoms with E-state index in [0.29, 0.717) is 0 Å². The molecule has 0 saturated carbocycles. The van der Waals surface area contributed by atoms with Gasteiger partial charge in [-0.2, -0.15) is 0 Å². The van der Waals surface area contributed by atoms with Crippen molar-refractivity contribution >= 4 is 12.4 Å². The number of hydrogen-bond acceptors (Lipinski definition) is 2. The van der Waals surface area contributed by atoms with Crippen LogP contribution in [-0.2, 0) is 0 Å². The van der Waals surface area contributed by atoms with Crippen LogP contribution >= 0.6 is 0 Å². The van der Waals surface area contributed by atoms with Crippen molar-refractivity contribution in [1.29, 1.82) is 0 Å². The van der Waals surface area contributed by atoms with E-state index >= 15 is 0 Å². The van der Waals surface area contributed by atoms with Crippen molar-refractivity contribution in [2.24, 2.45) is 9.98 Å². The van der Waals surface area contributed by atoms with Gasteiger partial charge in [0.2, 0.25) is 0 Å². The second kappa shape index (κ2) is 7.01. The second-order valence-corrected chi connectivity index (χ2v) is 3.22. The Morgan fingerprint density at radius 3 is 2.43 bits per heavy atom. The van der Waals surface area contributed by atoms with E-state index in [-0.39, 0.29) is 6.04 Å². The largest absolute Gasteiger partial charge is 0.284 e. The minimum atomic E-state index is 0.0156. The lowest BCUT2D eigenvalue weighted by molar-refractivity contribution is 0.861. The van der Waals surface area contributed by atoms with Gasteiger partial charge in [-0.05, 0) is 26.8 Å². The minimum Gasteiger partial charge on any atom is -0.284 e. The Hall–Kier alpha value is -1.44. The molecule has 1 unspecified atom stereocenters. The number of allylic oxidation sites excluding steroid dienone is 3. The first kappa shape index (κ1) is 12.6. The summed E-state index contributed by atoms with van der Waals surface area (Å²) in [6, 6.07) is 0.0156. The first-order chi connectivity index (χ1) is 6.57. The highest BCUT2D eigenvalue weighted by atomic mass is 14.9. The zero-order valence-electron chi connectivity index (χ0n) is 9.20. The Kier molecular flexibility index (Phi) is 6.29. The molecule has 0 spiro atoms. The van der Waals surface area contributed by atoms with Crippen molar-refractivity contribution < 1.29 is 0 Å². The highest BCUT2D eigenvalue weighted by molar-refractivity contribution is 5.73. The maximum atomic E-state index is 4.27. The number of hydrogen-bond donors (Lipinski definition) is 0. The molecule has 0 bridgehead atoms. The molecule has 0 aromatic heterocycles. The van der Waals surface area contributed by atoms with E-state index in [4.69, 9.17) is 0 Å². The molecule has 0 radical (unpaired) electrons. The summed E-state index contributed by atoms with van der Waals surface area (Å²) in [5.41, 5.74) is 1.96. The van der Waals surface area contributed by atoms with Crippen LogP contribution < -0.4 is 0 Å². The average Bonchev–Trinajstić information content (AvgIpc) is 2.13. The molecule has 0 aliphatic heterocycles. The lowest BCUT2D eigenvalue weighted by atomic mass is 10.3. The molecule has 0 heterocycles. The molecule has 0 rings (SSSR count). The molecule has 0 amide bonds. The lowest BCUT2D eigenvalue weighted by Crippen LogP contribution is -1.99. The van der Waals surface area contributed by atoms with Gasteiger partial charge >= 0.3 is 0 Å². The Morgan fingerprint density at radius 2 is 1.93 bits per heavy atom. The van der Waals surface area contributed by atoms with Crippen molar-refractivity contribution in [3.05, 3.63) is 36.6 Å². The van der Waals surface area contributed by atoms with Gasteiger partial charge in [0.15, 0.2) is 0 Å². The first-order valence-corrected chi connectivity index (χ1v) is 4.58. The third-order valence-corrected chi connectivity index (χ3v) is 1.55. The van der Waals surface area contributed by atoms with Crippen LogP contribution in [0.25, 0.3) is 0 Å². The summed E-state index contributed by atoms with van der Waals surface area (Å²) in [5, 5.41) is 0. The summed E-state index contributed by atoms with van der Waals surface area (Å²) in [6.07, 6.45) is 6.99. The topological polar surface area (TPSA) is 24.7 Å². The number of nitrogens with zero attached hydrogens (tertiary/aromatic N) is 2. The van der Waals surface area contributed by atoms with E-state index < -0.39 is 0 Å². The summed E-state index contributed by atoms with van der Waals surface area (Å²) in [4.78, 5) is 8.34. The van der Waals surface area contributed by atoms with E-state index in [2.05, 4.69) is 23.1 Å². The molecule has 2 heteroatoms. The maximum Gasteiger partial charge on any atom is 0.0885 e. The molecule has 76 valence electrons. The van der Waals surface area contributed by atoms with Crippen molar-refractivity contribution in [2.45, 2.75) is 26.8 Å². The van der Waals surface area contributed by atoms with Gasteiger partial charge in [0.05, 0.1) is 11.7 Å². The first-order valence-electron chi connectivity index (χ1n) is 4.58. The normalized spacial score (nSPS) is 13.1. The lowest BCUT2D eigenvalue weighted by Gasteiger charge is -2.03. The second-order valence-electron chi connectivity index (χ2n) is 3.22. The highest BCUT2D eigenvalue weighted by Gasteiger charge is 1.99. The summed E-state index contributed by atoms with van der Waals surface area (Å²) in [7, 11) is 0. The third-order valence-electron chi connectivity index (χ3n) is 1.55. The molecule has 0 aliphatic carbocycles. The molecular formula is C12H18N2. The minimum absolute atomic E-state index is 0.0156. The Morgan fingerprint density at radius 1 is 1.29 bits per heavy atom. The van der Waals surface area contributed by atoms with Gasteiger partial charge in [-0.3, -0.25) is 9.98 Å². The van der Waals surface area contributed by atoms with E-state index in [0.717, 1.165) is 5.70 Å². The predicted molar refractivity (Wildman–Crippen MR) is 65.2 cm³/mol. The van der Waals surface area contributed by atoms with E-state index in [9.17, 15) is 0 Å². The molecule has 0 saturated heterocycles. The molecule has 0 aliphatic rings.